The first-order valence-electron chi connectivity index (χ1n) is 6.06. The van der Waals surface area contributed by atoms with Gasteiger partial charge in [-0.1, -0.05) is 24.7 Å². The van der Waals surface area contributed by atoms with Crippen LogP contribution in [0.4, 0.5) is 5.13 Å². The summed E-state index contributed by atoms with van der Waals surface area (Å²) in [4.78, 5) is 2.40. The van der Waals surface area contributed by atoms with Crippen LogP contribution in [-0.2, 0) is 6.54 Å². The van der Waals surface area contributed by atoms with Crippen molar-refractivity contribution in [2.75, 3.05) is 18.9 Å². The number of anilines is 1. The van der Waals surface area contributed by atoms with Crippen LogP contribution in [0.25, 0.3) is 0 Å². The van der Waals surface area contributed by atoms with Crippen LogP contribution < -0.4 is 5.32 Å². The Balaban J connectivity index is 1.81. The van der Waals surface area contributed by atoms with Crippen LogP contribution in [0.3, 0.4) is 0 Å². The fourth-order valence-corrected chi connectivity index (χ4v) is 2.62. The molecule has 1 aromatic heterocycles. The maximum absolute atomic E-state index is 4.21. The van der Waals surface area contributed by atoms with E-state index in [-0.39, 0.29) is 0 Å². The van der Waals surface area contributed by atoms with E-state index in [4.69, 9.17) is 0 Å². The third-order valence-corrected chi connectivity index (χ3v) is 3.94. The zero-order valence-corrected chi connectivity index (χ0v) is 10.9. The first kappa shape index (κ1) is 11.8. The minimum atomic E-state index is 0.774. The molecule has 0 atom stereocenters. The van der Waals surface area contributed by atoms with Crippen LogP contribution in [0, 0.1) is 0 Å². The number of hydrogen-bond acceptors (Lipinski definition) is 5. The number of nitrogens with one attached hydrogen (secondary N) is 1. The fraction of sp³-hybridized carbons (Fsp3) is 0.818. The average molecular weight is 240 g/mol. The molecule has 1 fully saturated rings. The van der Waals surface area contributed by atoms with Crippen LogP contribution >= 0.6 is 11.3 Å². The second-order valence-electron chi connectivity index (χ2n) is 4.43. The van der Waals surface area contributed by atoms with E-state index in [9.17, 15) is 0 Å². The predicted molar refractivity (Wildman–Crippen MR) is 67.8 cm³/mol. The van der Waals surface area contributed by atoms with Gasteiger partial charge in [0.25, 0.3) is 0 Å². The maximum atomic E-state index is 4.21. The maximum Gasteiger partial charge on any atom is 0.205 e. The van der Waals surface area contributed by atoms with Crippen molar-refractivity contribution in [2.45, 2.75) is 45.2 Å². The highest BCUT2D eigenvalue weighted by molar-refractivity contribution is 7.15. The van der Waals surface area contributed by atoms with E-state index in [1.807, 2.05) is 0 Å². The molecule has 0 saturated heterocycles. The Morgan fingerprint density at radius 3 is 2.88 bits per heavy atom. The van der Waals surface area contributed by atoms with Crippen molar-refractivity contribution in [1.29, 1.82) is 0 Å². The van der Waals surface area contributed by atoms with Gasteiger partial charge < -0.3 is 5.32 Å². The molecule has 0 aliphatic heterocycles. The molecule has 5 heteroatoms. The quantitative estimate of drug-likeness (QED) is 0.828. The van der Waals surface area contributed by atoms with E-state index < -0.39 is 0 Å². The smallest absolute Gasteiger partial charge is 0.205 e. The Kier molecular flexibility index (Phi) is 4.12. The minimum absolute atomic E-state index is 0.774. The highest BCUT2D eigenvalue weighted by Gasteiger charge is 2.22. The molecule has 2 rings (SSSR count). The summed E-state index contributed by atoms with van der Waals surface area (Å²) in [6, 6.07) is 0.774. The van der Waals surface area contributed by atoms with Crippen LogP contribution in [-0.4, -0.2) is 34.7 Å². The highest BCUT2D eigenvalue weighted by atomic mass is 32.1. The summed E-state index contributed by atoms with van der Waals surface area (Å²) >= 11 is 1.68. The van der Waals surface area contributed by atoms with Crippen molar-refractivity contribution in [3.05, 3.63) is 5.01 Å². The van der Waals surface area contributed by atoms with E-state index in [1.54, 1.807) is 11.3 Å². The first-order valence-corrected chi connectivity index (χ1v) is 6.87. The van der Waals surface area contributed by atoms with Gasteiger partial charge in [0.15, 0.2) is 0 Å². The van der Waals surface area contributed by atoms with Crippen molar-refractivity contribution >= 4 is 16.5 Å². The van der Waals surface area contributed by atoms with E-state index >= 15 is 0 Å². The summed E-state index contributed by atoms with van der Waals surface area (Å²) < 4.78 is 0. The van der Waals surface area contributed by atoms with Gasteiger partial charge in [-0.3, -0.25) is 4.90 Å². The summed E-state index contributed by atoms with van der Waals surface area (Å²) in [5.41, 5.74) is 0. The molecule has 90 valence electrons. The van der Waals surface area contributed by atoms with Gasteiger partial charge in [0, 0.05) is 12.6 Å². The van der Waals surface area contributed by atoms with Gasteiger partial charge in [-0.15, -0.1) is 10.2 Å². The normalized spacial score (nSPS) is 16.4. The molecular formula is C11H20N4S. The summed E-state index contributed by atoms with van der Waals surface area (Å²) in [7, 11) is 2.18. The van der Waals surface area contributed by atoms with Gasteiger partial charge in [0.2, 0.25) is 5.13 Å². The van der Waals surface area contributed by atoms with Crippen LogP contribution in [0.2, 0.25) is 0 Å². The Hall–Kier alpha value is -0.680. The zero-order valence-electron chi connectivity index (χ0n) is 10.1. The molecule has 0 spiro atoms. The number of rotatable bonds is 6. The molecule has 1 aromatic rings. The second kappa shape index (κ2) is 5.59. The number of nitrogens with zero attached hydrogens (tertiary/aromatic N) is 3. The van der Waals surface area contributed by atoms with Crippen molar-refractivity contribution in [2.24, 2.45) is 0 Å². The van der Waals surface area contributed by atoms with Crippen molar-refractivity contribution in [1.82, 2.24) is 15.1 Å². The third kappa shape index (κ3) is 2.92. The van der Waals surface area contributed by atoms with Crippen molar-refractivity contribution in [3.63, 3.8) is 0 Å². The lowest BCUT2D eigenvalue weighted by molar-refractivity contribution is 0.152. The molecular weight excluding hydrogens is 220 g/mol. The Morgan fingerprint density at radius 1 is 1.44 bits per heavy atom. The number of hydrogen-bond donors (Lipinski definition) is 1. The molecule has 1 aliphatic carbocycles. The lowest BCUT2D eigenvalue weighted by Gasteiger charge is -2.33. The average Bonchev–Trinajstić information content (AvgIpc) is 2.59. The Labute approximate surface area is 101 Å². The predicted octanol–water partition coefficient (Wildman–Crippen LogP) is 2.34. The summed E-state index contributed by atoms with van der Waals surface area (Å²) in [5.74, 6) is 0. The van der Waals surface area contributed by atoms with Crippen LogP contribution in [0.1, 0.15) is 37.6 Å². The fourth-order valence-electron chi connectivity index (χ4n) is 1.79. The summed E-state index contributed by atoms with van der Waals surface area (Å²) in [5, 5.41) is 13.7. The van der Waals surface area contributed by atoms with Gasteiger partial charge in [0.05, 0.1) is 6.54 Å². The van der Waals surface area contributed by atoms with Gasteiger partial charge in [0.1, 0.15) is 5.01 Å². The minimum Gasteiger partial charge on any atom is -0.360 e. The lowest BCUT2D eigenvalue weighted by Crippen LogP contribution is -2.36. The Bertz CT molecular complexity index is 322. The second-order valence-corrected chi connectivity index (χ2v) is 5.49. The van der Waals surface area contributed by atoms with E-state index in [2.05, 4.69) is 34.4 Å². The van der Waals surface area contributed by atoms with Gasteiger partial charge in [-0.2, -0.15) is 0 Å². The first-order chi connectivity index (χ1) is 7.79. The monoisotopic (exact) mass is 240 g/mol. The van der Waals surface area contributed by atoms with Crippen LogP contribution in [0.15, 0.2) is 0 Å². The molecule has 1 heterocycles. The molecule has 1 saturated carbocycles. The van der Waals surface area contributed by atoms with Gasteiger partial charge in [-0.25, -0.2) is 0 Å². The molecule has 0 amide bonds. The molecule has 16 heavy (non-hydrogen) atoms. The zero-order chi connectivity index (χ0) is 11.4. The lowest BCUT2D eigenvalue weighted by atomic mass is 9.92. The van der Waals surface area contributed by atoms with Crippen LogP contribution in [0.5, 0.6) is 0 Å². The molecule has 1 aliphatic rings. The van der Waals surface area contributed by atoms with Crippen molar-refractivity contribution < 1.29 is 0 Å². The van der Waals surface area contributed by atoms with E-state index in [0.29, 0.717) is 0 Å². The molecule has 0 radical (unpaired) electrons. The van der Waals surface area contributed by atoms with Crippen molar-refractivity contribution in [3.8, 4) is 0 Å². The van der Waals surface area contributed by atoms with E-state index in [1.165, 1.54) is 19.3 Å². The molecule has 0 bridgehead atoms. The summed E-state index contributed by atoms with van der Waals surface area (Å²) in [6.07, 6.45) is 5.19. The summed E-state index contributed by atoms with van der Waals surface area (Å²) in [6.45, 7) is 4.07. The number of aromatic nitrogens is 2. The molecule has 0 unspecified atom stereocenters. The van der Waals surface area contributed by atoms with E-state index in [0.717, 1.165) is 35.7 Å². The standard InChI is InChI=1S/C11H20N4S/c1-3-7-12-11-14-13-10(16-11)8-15(2)9-5-4-6-9/h9H,3-8H2,1-2H3,(H,12,14). The van der Waals surface area contributed by atoms with Gasteiger partial charge in [-0.05, 0) is 26.3 Å². The topological polar surface area (TPSA) is 41.1 Å². The Morgan fingerprint density at radius 2 is 2.25 bits per heavy atom. The highest BCUT2D eigenvalue weighted by Crippen LogP contribution is 2.26. The molecule has 0 aromatic carbocycles. The van der Waals surface area contributed by atoms with Gasteiger partial charge >= 0.3 is 0 Å². The SMILES string of the molecule is CCCNc1nnc(CN(C)C2CCC2)s1. The molecule has 1 N–H and O–H groups in total. The third-order valence-electron chi connectivity index (χ3n) is 3.08. The molecule has 4 nitrogen and oxygen atoms in total. The largest absolute Gasteiger partial charge is 0.360 e.